The van der Waals surface area contributed by atoms with E-state index in [1.54, 1.807) is 0 Å². The highest BCUT2D eigenvalue weighted by atomic mass is 35.5. The fourth-order valence-electron chi connectivity index (χ4n) is 1.47. The maximum atomic E-state index is 11.9. The number of benzene rings is 1. The standard InChI is InChI=1S/C12H13ClN2O5/c13-8-2-1-6(16)5-7(8)11(18)15-9(12(19)20)3-4-10(14)17/h1-2,5,9,16H,3-4H2,(H2,14,17)(H,15,18)(H,19,20)/t9-/m0/s1. The van der Waals surface area contributed by atoms with Gasteiger partial charge >= 0.3 is 5.97 Å². The first-order valence-corrected chi connectivity index (χ1v) is 5.99. The predicted molar refractivity (Wildman–Crippen MR) is 70.4 cm³/mol. The number of carboxylic acids is 1. The van der Waals surface area contributed by atoms with Crippen LogP contribution in [-0.2, 0) is 9.59 Å². The van der Waals surface area contributed by atoms with Gasteiger partial charge in [-0.25, -0.2) is 4.79 Å². The Bertz CT molecular complexity index is 547. The molecule has 0 saturated carbocycles. The van der Waals surface area contributed by atoms with Gasteiger partial charge in [0.25, 0.3) is 5.91 Å². The maximum Gasteiger partial charge on any atom is 0.326 e. The Balaban J connectivity index is 2.82. The monoisotopic (exact) mass is 300 g/mol. The van der Waals surface area contributed by atoms with Gasteiger partial charge in [-0.1, -0.05) is 11.6 Å². The molecule has 0 aliphatic rings. The zero-order valence-electron chi connectivity index (χ0n) is 10.3. The summed E-state index contributed by atoms with van der Waals surface area (Å²) < 4.78 is 0. The number of carbonyl (C=O) groups excluding carboxylic acids is 2. The molecule has 0 fully saturated rings. The van der Waals surface area contributed by atoms with Gasteiger partial charge < -0.3 is 21.3 Å². The van der Waals surface area contributed by atoms with Gasteiger partial charge in [-0.05, 0) is 24.6 Å². The molecule has 7 nitrogen and oxygen atoms in total. The third-order valence-electron chi connectivity index (χ3n) is 2.48. The molecule has 8 heteroatoms. The van der Waals surface area contributed by atoms with E-state index in [2.05, 4.69) is 5.32 Å². The van der Waals surface area contributed by atoms with Crippen molar-refractivity contribution in [1.82, 2.24) is 5.32 Å². The highest BCUT2D eigenvalue weighted by Gasteiger charge is 2.22. The summed E-state index contributed by atoms with van der Waals surface area (Å²) in [5, 5.41) is 20.5. The van der Waals surface area contributed by atoms with E-state index in [0.717, 1.165) is 6.07 Å². The van der Waals surface area contributed by atoms with E-state index in [0.29, 0.717) is 0 Å². The van der Waals surface area contributed by atoms with Crippen LogP contribution in [0.25, 0.3) is 0 Å². The van der Waals surface area contributed by atoms with Crippen molar-refractivity contribution < 1.29 is 24.6 Å². The number of phenolic OH excluding ortho intramolecular Hbond substituents is 1. The van der Waals surface area contributed by atoms with Crippen molar-refractivity contribution in [3.8, 4) is 5.75 Å². The normalized spacial score (nSPS) is 11.7. The average Bonchev–Trinajstić information content (AvgIpc) is 2.36. The van der Waals surface area contributed by atoms with Crippen LogP contribution in [0.5, 0.6) is 5.75 Å². The van der Waals surface area contributed by atoms with Crippen LogP contribution in [-0.4, -0.2) is 34.0 Å². The van der Waals surface area contributed by atoms with Gasteiger partial charge in [0.15, 0.2) is 0 Å². The van der Waals surface area contributed by atoms with Crippen molar-refractivity contribution >= 4 is 29.4 Å². The Labute approximate surface area is 119 Å². The average molecular weight is 301 g/mol. The molecule has 20 heavy (non-hydrogen) atoms. The molecule has 0 bridgehead atoms. The molecule has 1 aromatic rings. The zero-order valence-corrected chi connectivity index (χ0v) is 11.1. The summed E-state index contributed by atoms with van der Waals surface area (Å²) in [5.41, 5.74) is 4.87. The van der Waals surface area contributed by atoms with Crippen molar-refractivity contribution in [2.45, 2.75) is 18.9 Å². The predicted octanol–water partition coefficient (Wildman–Crippen LogP) is 0.494. The van der Waals surface area contributed by atoms with Gasteiger partial charge in [-0.15, -0.1) is 0 Å². The first-order chi connectivity index (χ1) is 9.31. The van der Waals surface area contributed by atoms with Crippen LogP contribution in [0.4, 0.5) is 0 Å². The number of amides is 2. The molecule has 2 amide bonds. The zero-order chi connectivity index (χ0) is 15.3. The Hall–Kier alpha value is -2.28. The molecule has 0 heterocycles. The van der Waals surface area contributed by atoms with Gasteiger partial charge in [0, 0.05) is 6.42 Å². The number of hydrogen-bond acceptors (Lipinski definition) is 4. The Kier molecular flexibility index (Phi) is 5.33. The van der Waals surface area contributed by atoms with E-state index in [1.807, 2.05) is 0 Å². The minimum Gasteiger partial charge on any atom is -0.508 e. The van der Waals surface area contributed by atoms with Crippen LogP contribution in [0.2, 0.25) is 5.02 Å². The maximum absolute atomic E-state index is 11.9. The molecule has 5 N–H and O–H groups in total. The molecule has 0 aliphatic heterocycles. The van der Waals surface area contributed by atoms with Crippen molar-refractivity contribution in [3.63, 3.8) is 0 Å². The number of nitrogens with two attached hydrogens (primary N) is 1. The summed E-state index contributed by atoms with van der Waals surface area (Å²) in [6.45, 7) is 0. The van der Waals surface area contributed by atoms with Crippen LogP contribution in [0.3, 0.4) is 0 Å². The molecule has 1 aromatic carbocycles. The number of primary amides is 1. The van der Waals surface area contributed by atoms with Gasteiger partial charge in [0.2, 0.25) is 5.91 Å². The van der Waals surface area contributed by atoms with Crippen LogP contribution in [0, 0.1) is 0 Å². The highest BCUT2D eigenvalue weighted by Crippen LogP contribution is 2.21. The Morgan fingerprint density at radius 2 is 2.00 bits per heavy atom. The molecule has 0 saturated heterocycles. The number of hydrogen-bond donors (Lipinski definition) is 4. The van der Waals surface area contributed by atoms with Crippen molar-refractivity contribution in [1.29, 1.82) is 0 Å². The van der Waals surface area contributed by atoms with E-state index in [4.69, 9.17) is 22.4 Å². The number of carbonyl (C=O) groups is 3. The lowest BCUT2D eigenvalue weighted by atomic mass is 10.1. The lowest BCUT2D eigenvalue weighted by Gasteiger charge is -2.14. The van der Waals surface area contributed by atoms with Gasteiger partial charge in [0.05, 0.1) is 10.6 Å². The number of aliphatic carboxylic acids is 1. The molecule has 0 aromatic heterocycles. The number of halogens is 1. The number of nitrogens with one attached hydrogen (secondary N) is 1. The fraction of sp³-hybridized carbons (Fsp3) is 0.250. The van der Waals surface area contributed by atoms with Crippen molar-refractivity contribution in [3.05, 3.63) is 28.8 Å². The summed E-state index contributed by atoms with van der Waals surface area (Å²) in [4.78, 5) is 33.5. The largest absolute Gasteiger partial charge is 0.508 e. The number of aromatic hydroxyl groups is 1. The van der Waals surface area contributed by atoms with E-state index in [-0.39, 0.29) is 29.2 Å². The number of rotatable bonds is 6. The van der Waals surface area contributed by atoms with Gasteiger partial charge in [-0.2, -0.15) is 0 Å². The molecule has 0 aliphatic carbocycles. The quantitative estimate of drug-likeness (QED) is 0.607. The third-order valence-corrected chi connectivity index (χ3v) is 2.81. The second-order valence-corrected chi connectivity index (χ2v) is 4.44. The van der Waals surface area contributed by atoms with E-state index in [9.17, 15) is 19.5 Å². The van der Waals surface area contributed by atoms with Crippen LogP contribution < -0.4 is 11.1 Å². The lowest BCUT2D eigenvalue weighted by molar-refractivity contribution is -0.139. The minimum absolute atomic E-state index is 0.0583. The summed E-state index contributed by atoms with van der Waals surface area (Å²) in [6, 6.07) is 2.45. The minimum atomic E-state index is -1.30. The molecular formula is C12H13ClN2O5. The van der Waals surface area contributed by atoms with E-state index >= 15 is 0 Å². The number of phenols is 1. The summed E-state index contributed by atoms with van der Waals surface area (Å²) in [7, 11) is 0. The van der Waals surface area contributed by atoms with Crippen molar-refractivity contribution in [2.75, 3.05) is 0 Å². The molecule has 0 radical (unpaired) electrons. The first-order valence-electron chi connectivity index (χ1n) is 5.61. The molecule has 108 valence electrons. The lowest BCUT2D eigenvalue weighted by Crippen LogP contribution is -2.41. The fourth-order valence-corrected chi connectivity index (χ4v) is 1.67. The van der Waals surface area contributed by atoms with Crippen LogP contribution in [0.1, 0.15) is 23.2 Å². The summed E-state index contributed by atoms with van der Waals surface area (Å²) >= 11 is 5.79. The smallest absolute Gasteiger partial charge is 0.326 e. The third kappa shape index (κ3) is 4.43. The first kappa shape index (κ1) is 15.8. The van der Waals surface area contributed by atoms with Gasteiger partial charge in [-0.3, -0.25) is 9.59 Å². The molecule has 0 spiro atoms. The van der Waals surface area contributed by atoms with Gasteiger partial charge in [0.1, 0.15) is 11.8 Å². The molecule has 1 rings (SSSR count). The van der Waals surface area contributed by atoms with Crippen LogP contribution in [0.15, 0.2) is 18.2 Å². The highest BCUT2D eigenvalue weighted by molar-refractivity contribution is 6.33. The molecule has 0 unspecified atom stereocenters. The summed E-state index contributed by atoms with van der Waals surface area (Å²) in [6.07, 6.45) is -0.308. The Morgan fingerprint density at radius 3 is 2.55 bits per heavy atom. The Morgan fingerprint density at radius 1 is 1.35 bits per heavy atom. The topological polar surface area (TPSA) is 130 Å². The number of carboxylic acid groups (broad SMARTS) is 1. The van der Waals surface area contributed by atoms with E-state index < -0.39 is 23.8 Å². The van der Waals surface area contributed by atoms with Crippen LogP contribution >= 0.6 is 11.6 Å². The molecule has 1 atom stereocenters. The molecular weight excluding hydrogens is 288 g/mol. The van der Waals surface area contributed by atoms with E-state index in [1.165, 1.54) is 12.1 Å². The van der Waals surface area contributed by atoms with Crippen molar-refractivity contribution in [2.24, 2.45) is 5.73 Å². The second kappa shape index (κ2) is 6.76. The SMILES string of the molecule is NC(=O)CC[C@H](NC(=O)c1cc(O)ccc1Cl)C(=O)O. The second-order valence-electron chi connectivity index (χ2n) is 4.03. The summed E-state index contributed by atoms with van der Waals surface area (Å²) in [5.74, 6) is -2.90.